The normalized spacial score (nSPS) is 10.7. The van der Waals surface area contributed by atoms with Crippen LogP contribution in [0, 0.1) is 0 Å². The molecule has 2 rings (SSSR count). The molecule has 1 aromatic carbocycles. The number of carbonyl (C=O) groups is 1. The molecule has 2 aromatic rings. The van der Waals surface area contributed by atoms with Crippen molar-refractivity contribution in [1.29, 1.82) is 0 Å². The summed E-state index contributed by atoms with van der Waals surface area (Å²) in [6.07, 6.45) is 2.41. The van der Waals surface area contributed by atoms with Gasteiger partial charge in [0.05, 0.1) is 12.0 Å². The second-order valence-corrected chi connectivity index (χ2v) is 6.38. The minimum atomic E-state index is 0.0445. The average molecular weight is 354 g/mol. The van der Waals surface area contributed by atoms with Crippen LogP contribution < -0.4 is 5.32 Å². The highest BCUT2D eigenvalue weighted by atomic mass is 35.5. The third kappa shape index (κ3) is 7.59. The number of hydrogen-bond donors (Lipinski definition) is 1. The van der Waals surface area contributed by atoms with Gasteiger partial charge in [0.1, 0.15) is 12.4 Å². The van der Waals surface area contributed by atoms with Crippen LogP contribution in [0.15, 0.2) is 47.1 Å². The standard InChI is InChI=1S/C17H20ClNO3S/c18-15-5-1-4-14(10-15)12-23-13-17(20)19-7-3-8-21-11-16-6-2-9-22-16/h1-2,4-6,9-10H,3,7-8,11-13H2,(H,19,20). The molecule has 0 spiro atoms. The number of halogens is 1. The number of hydrogen-bond acceptors (Lipinski definition) is 4. The molecule has 6 heteroatoms. The molecule has 0 aliphatic rings. The molecule has 0 aliphatic heterocycles. The van der Waals surface area contributed by atoms with Crippen LogP contribution in [0.5, 0.6) is 0 Å². The number of nitrogens with one attached hydrogen (secondary N) is 1. The summed E-state index contributed by atoms with van der Waals surface area (Å²) in [5, 5.41) is 3.61. The van der Waals surface area contributed by atoms with Gasteiger partial charge < -0.3 is 14.5 Å². The van der Waals surface area contributed by atoms with Gasteiger partial charge in [-0.25, -0.2) is 0 Å². The monoisotopic (exact) mass is 353 g/mol. The number of rotatable bonds is 10. The molecule has 1 aromatic heterocycles. The molecule has 124 valence electrons. The van der Waals surface area contributed by atoms with Crippen molar-refractivity contribution in [3.05, 3.63) is 59.0 Å². The minimum absolute atomic E-state index is 0.0445. The molecule has 1 N–H and O–H groups in total. The maximum Gasteiger partial charge on any atom is 0.230 e. The molecule has 0 unspecified atom stereocenters. The van der Waals surface area contributed by atoms with Crippen LogP contribution in [0.4, 0.5) is 0 Å². The Kier molecular flexibility index (Phi) is 8.07. The van der Waals surface area contributed by atoms with Crippen LogP contribution in [0.25, 0.3) is 0 Å². The zero-order chi connectivity index (χ0) is 16.3. The van der Waals surface area contributed by atoms with E-state index in [-0.39, 0.29) is 5.91 Å². The molecule has 0 saturated carbocycles. The zero-order valence-electron chi connectivity index (χ0n) is 12.8. The fourth-order valence-electron chi connectivity index (χ4n) is 1.91. The second-order valence-electron chi connectivity index (χ2n) is 4.96. The lowest BCUT2D eigenvalue weighted by atomic mass is 10.2. The van der Waals surface area contributed by atoms with Gasteiger partial charge in [-0.2, -0.15) is 0 Å². The minimum Gasteiger partial charge on any atom is -0.467 e. The van der Waals surface area contributed by atoms with Gasteiger partial charge in [-0.15, -0.1) is 11.8 Å². The Labute approximate surface area is 145 Å². The van der Waals surface area contributed by atoms with Gasteiger partial charge in [0.25, 0.3) is 0 Å². The predicted molar refractivity (Wildman–Crippen MR) is 93.6 cm³/mol. The average Bonchev–Trinajstić information content (AvgIpc) is 3.04. The Hall–Kier alpha value is -1.43. The van der Waals surface area contributed by atoms with Crippen molar-refractivity contribution in [3.8, 4) is 0 Å². The highest BCUT2D eigenvalue weighted by Gasteiger charge is 2.02. The van der Waals surface area contributed by atoms with E-state index in [1.807, 2.05) is 36.4 Å². The van der Waals surface area contributed by atoms with E-state index in [0.717, 1.165) is 28.5 Å². The Morgan fingerprint density at radius 3 is 3.00 bits per heavy atom. The van der Waals surface area contributed by atoms with E-state index in [4.69, 9.17) is 20.8 Å². The van der Waals surface area contributed by atoms with Crippen molar-refractivity contribution >= 4 is 29.3 Å². The Bertz CT molecular complexity index is 589. The van der Waals surface area contributed by atoms with Gasteiger partial charge >= 0.3 is 0 Å². The van der Waals surface area contributed by atoms with Crippen LogP contribution in [0.3, 0.4) is 0 Å². The summed E-state index contributed by atoms with van der Waals surface area (Å²) in [4.78, 5) is 11.7. The number of amides is 1. The third-order valence-corrected chi connectivity index (χ3v) is 4.24. The van der Waals surface area contributed by atoms with Crippen LogP contribution in [0.2, 0.25) is 5.02 Å². The van der Waals surface area contributed by atoms with E-state index in [0.29, 0.717) is 25.5 Å². The van der Waals surface area contributed by atoms with Gasteiger partial charge in [0.15, 0.2) is 0 Å². The van der Waals surface area contributed by atoms with E-state index in [1.54, 1.807) is 18.0 Å². The molecule has 1 amide bonds. The topological polar surface area (TPSA) is 51.5 Å². The van der Waals surface area contributed by atoms with Gasteiger partial charge in [-0.05, 0) is 36.2 Å². The fourth-order valence-corrected chi connectivity index (χ4v) is 2.93. The summed E-state index contributed by atoms with van der Waals surface area (Å²) in [5.41, 5.74) is 1.13. The highest BCUT2D eigenvalue weighted by Crippen LogP contribution is 2.16. The molecular formula is C17H20ClNO3S. The van der Waals surface area contributed by atoms with Gasteiger partial charge in [-0.1, -0.05) is 23.7 Å². The van der Waals surface area contributed by atoms with Crippen LogP contribution >= 0.6 is 23.4 Å². The quantitative estimate of drug-likeness (QED) is 0.658. The van der Waals surface area contributed by atoms with Crippen molar-refractivity contribution in [2.75, 3.05) is 18.9 Å². The molecular weight excluding hydrogens is 334 g/mol. The first-order valence-corrected chi connectivity index (χ1v) is 8.96. The largest absolute Gasteiger partial charge is 0.467 e. The van der Waals surface area contributed by atoms with Gasteiger partial charge in [-0.3, -0.25) is 4.79 Å². The molecule has 0 bridgehead atoms. The molecule has 0 aliphatic carbocycles. The molecule has 0 radical (unpaired) electrons. The van der Waals surface area contributed by atoms with Gasteiger partial charge in [0.2, 0.25) is 5.91 Å². The van der Waals surface area contributed by atoms with E-state index in [1.165, 1.54) is 0 Å². The predicted octanol–water partition coefficient (Wildman–Crippen LogP) is 3.89. The number of furan rings is 1. The van der Waals surface area contributed by atoms with Crippen molar-refractivity contribution in [1.82, 2.24) is 5.32 Å². The van der Waals surface area contributed by atoms with Crippen LogP contribution in [-0.2, 0) is 21.9 Å². The van der Waals surface area contributed by atoms with Crippen molar-refractivity contribution < 1.29 is 13.9 Å². The molecule has 23 heavy (non-hydrogen) atoms. The van der Waals surface area contributed by atoms with Crippen molar-refractivity contribution in [2.45, 2.75) is 18.8 Å². The van der Waals surface area contributed by atoms with E-state index >= 15 is 0 Å². The lowest BCUT2D eigenvalue weighted by Crippen LogP contribution is -2.26. The summed E-state index contributed by atoms with van der Waals surface area (Å²) >= 11 is 7.50. The SMILES string of the molecule is O=C(CSCc1cccc(Cl)c1)NCCCOCc1ccco1. The summed E-state index contributed by atoms with van der Waals surface area (Å²) in [7, 11) is 0. The van der Waals surface area contributed by atoms with E-state index in [2.05, 4.69) is 5.32 Å². The van der Waals surface area contributed by atoms with Crippen molar-refractivity contribution in [2.24, 2.45) is 0 Å². The molecule has 1 heterocycles. The fraction of sp³-hybridized carbons (Fsp3) is 0.353. The number of carbonyl (C=O) groups excluding carboxylic acids is 1. The summed E-state index contributed by atoms with van der Waals surface area (Å²) < 4.78 is 10.6. The Morgan fingerprint density at radius 2 is 2.22 bits per heavy atom. The molecule has 4 nitrogen and oxygen atoms in total. The smallest absolute Gasteiger partial charge is 0.230 e. The number of thioether (sulfide) groups is 1. The first-order valence-electron chi connectivity index (χ1n) is 7.43. The first-order chi connectivity index (χ1) is 11.2. The molecule has 0 fully saturated rings. The summed E-state index contributed by atoms with van der Waals surface area (Å²) in [6.45, 7) is 1.68. The zero-order valence-corrected chi connectivity index (χ0v) is 14.4. The molecule has 0 saturated heterocycles. The third-order valence-electron chi connectivity index (χ3n) is 3.00. The summed E-state index contributed by atoms with van der Waals surface area (Å²) in [5.74, 6) is 2.08. The Balaban J connectivity index is 1.47. The summed E-state index contributed by atoms with van der Waals surface area (Å²) in [6, 6.07) is 11.4. The maximum atomic E-state index is 11.7. The Morgan fingerprint density at radius 1 is 1.30 bits per heavy atom. The highest BCUT2D eigenvalue weighted by molar-refractivity contribution is 7.99. The van der Waals surface area contributed by atoms with Crippen LogP contribution in [-0.4, -0.2) is 24.8 Å². The second kappa shape index (κ2) is 10.4. The molecule has 0 atom stereocenters. The first kappa shape index (κ1) is 17.9. The number of benzene rings is 1. The van der Waals surface area contributed by atoms with Crippen LogP contribution in [0.1, 0.15) is 17.7 Å². The lowest BCUT2D eigenvalue weighted by Gasteiger charge is -2.06. The lowest BCUT2D eigenvalue weighted by molar-refractivity contribution is -0.118. The van der Waals surface area contributed by atoms with E-state index in [9.17, 15) is 4.79 Å². The van der Waals surface area contributed by atoms with Crippen molar-refractivity contribution in [3.63, 3.8) is 0 Å². The van der Waals surface area contributed by atoms with E-state index < -0.39 is 0 Å². The van der Waals surface area contributed by atoms with Gasteiger partial charge in [0, 0.05) is 23.9 Å². The number of ether oxygens (including phenoxy) is 1. The maximum absolute atomic E-state index is 11.7.